The van der Waals surface area contributed by atoms with Crippen LogP contribution in [0.3, 0.4) is 0 Å². The summed E-state index contributed by atoms with van der Waals surface area (Å²) < 4.78 is 7.40. The summed E-state index contributed by atoms with van der Waals surface area (Å²) in [5.74, 6) is 2.13. The molecule has 0 saturated heterocycles. The number of anilines is 3. The zero-order valence-corrected chi connectivity index (χ0v) is 43.4. The van der Waals surface area contributed by atoms with Gasteiger partial charge in [-0.1, -0.05) is 210 Å². The van der Waals surface area contributed by atoms with Crippen molar-refractivity contribution < 1.29 is 4.74 Å². The Kier molecular flexibility index (Phi) is 10.9. The van der Waals surface area contributed by atoms with Crippen LogP contribution in [0.15, 0.2) is 219 Å². The summed E-state index contributed by atoms with van der Waals surface area (Å²) in [4.78, 5) is 2.61. The van der Waals surface area contributed by atoms with E-state index in [-0.39, 0.29) is 16.7 Å². The molecule has 362 valence electrons. The van der Waals surface area contributed by atoms with Gasteiger partial charge in [-0.05, 0) is 147 Å². The number of allylic oxidation sites excluding steroid dienone is 5. The highest BCUT2D eigenvalue weighted by molar-refractivity contribution is 6.01. The molecule has 1 aliphatic heterocycles. The molecule has 0 bridgehead atoms. The van der Waals surface area contributed by atoms with Gasteiger partial charge in [0.2, 0.25) is 0 Å². The van der Waals surface area contributed by atoms with Crippen molar-refractivity contribution in [3.63, 3.8) is 0 Å². The smallest absolute Gasteiger partial charge is 0.140 e. The van der Waals surface area contributed by atoms with Gasteiger partial charge in [-0.25, -0.2) is 0 Å². The molecule has 0 fully saturated rings. The van der Waals surface area contributed by atoms with Gasteiger partial charge in [-0.2, -0.15) is 0 Å². The molecule has 1 spiro atoms. The normalized spacial score (nSPS) is 20.2. The lowest BCUT2D eigenvalue weighted by Gasteiger charge is -2.41. The maximum Gasteiger partial charge on any atom is 0.140 e. The molecule has 0 amide bonds. The Morgan fingerprint density at radius 3 is 2.14 bits per heavy atom. The number of benzene rings is 9. The average molecular weight is 958 g/mol. The first-order valence-electron chi connectivity index (χ1n) is 26.9. The van der Waals surface area contributed by atoms with E-state index in [2.05, 4.69) is 252 Å². The quantitative estimate of drug-likeness (QED) is 0.111. The van der Waals surface area contributed by atoms with Gasteiger partial charge in [0.1, 0.15) is 11.5 Å². The minimum Gasteiger partial charge on any atom is -0.456 e. The Hall–Kier alpha value is -7.94. The Balaban J connectivity index is 1.11. The van der Waals surface area contributed by atoms with Crippen LogP contribution in [-0.2, 0) is 22.7 Å². The minimum absolute atomic E-state index is 0.187. The van der Waals surface area contributed by atoms with Crippen LogP contribution in [0.1, 0.15) is 120 Å². The predicted octanol–water partition coefficient (Wildman–Crippen LogP) is 19.2. The topological polar surface area (TPSA) is 12.5 Å². The maximum absolute atomic E-state index is 7.40. The lowest BCUT2D eigenvalue weighted by Crippen LogP contribution is -2.32. The van der Waals surface area contributed by atoms with Crippen LogP contribution in [-0.4, -0.2) is 0 Å². The maximum atomic E-state index is 7.40. The van der Waals surface area contributed by atoms with Crippen LogP contribution in [0.4, 0.5) is 17.1 Å². The van der Waals surface area contributed by atoms with Crippen molar-refractivity contribution in [2.75, 3.05) is 4.90 Å². The molecular weight excluding hydrogens is 895 g/mol. The van der Waals surface area contributed by atoms with E-state index >= 15 is 0 Å². The van der Waals surface area contributed by atoms with Crippen LogP contribution in [0, 0.1) is 6.92 Å². The zero-order valence-electron chi connectivity index (χ0n) is 43.4. The summed E-state index contributed by atoms with van der Waals surface area (Å²) in [6.07, 6.45) is 16.2. The first-order valence-corrected chi connectivity index (χ1v) is 26.9. The molecule has 3 unspecified atom stereocenters. The highest BCUT2D eigenvalue weighted by Crippen LogP contribution is 2.66. The van der Waals surface area contributed by atoms with E-state index < -0.39 is 5.41 Å². The van der Waals surface area contributed by atoms with Crippen molar-refractivity contribution in [2.24, 2.45) is 0 Å². The van der Waals surface area contributed by atoms with Gasteiger partial charge < -0.3 is 9.64 Å². The molecule has 4 aliphatic rings. The predicted molar refractivity (Wildman–Crippen MR) is 310 cm³/mol. The first-order chi connectivity index (χ1) is 36.1. The second kappa shape index (κ2) is 17.6. The number of hydrogen-bond acceptors (Lipinski definition) is 2. The van der Waals surface area contributed by atoms with Gasteiger partial charge in [0.05, 0.1) is 11.1 Å². The van der Waals surface area contributed by atoms with Crippen molar-refractivity contribution >= 4 is 27.8 Å². The fourth-order valence-electron chi connectivity index (χ4n) is 13.8. The molecule has 1 heterocycles. The molecular formula is C72H63NO. The lowest BCUT2D eigenvalue weighted by molar-refractivity contribution is 0.437. The van der Waals surface area contributed by atoms with Crippen molar-refractivity contribution in [3.8, 4) is 33.8 Å². The van der Waals surface area contributed by atoms with Gasteiger partial charge in [-0.3, -0.25) is 0 Å². The third kappa shape index (κ3) is 6.76. The first kappa shape index (κ1) is 45.9. The minimum atomic E-state index is -0.670. The third-order valence-electron chi connectivity index (χ3n) is 17.6. The average Bonchev–Trinajstić information content (AvgIpc) is 3.85. The molecule has 0 N–H and O–H groups in total. The number of aryl methyl sites for hydroxylation is 1. The number of ether oxygens (including phenoxy) is 1. The van der Waals surface area contributed by atoms with E-state index in [9.17, 15) is 0 Å². The second-order valence-corrected chi connectivity index (χ2v) is 22.0. The molecule has 9 aromatic carbocycles. The van der Waals surface area contributed by atoms with Crippen molar-refractivity contribution in [2.45, 2.75) is 88.9 Å². The van der Waals surface area contributed by atoms with Crippen molar-refractivity contribution in [3.05, 3.63) is 280 Å². The van der Waals surface area contributed by atoms with Gasteiger partial charge in [0.25, 0.3) is 0 Å². The Morgan fingerprint density at radius 2 is 1.30 bits per heavy atom. The number of rotatable bonds is 8. The van der Waals surface area contributed by atoms with Gasteiger partial charge in [-0.15, -0.1) is 6.58 Å². The van der Waals surface area contributed by atoms with E-state index in [0.717, 1.165) is 66.1 Å². The summed E-state index contributed by atoms with van der Waals surface area (Å²) in [7, 11) is 0. The third-order valence-corrected chi connectivity index (χ3v) is 17.6. The zero-order chi connectivity index (χ0) is 50.3. The van der Waals surface area contributed by atoms with E-state index in [1.807, 2.05) is 6.08 Å². The highest BCUT2D eigenvalue weighted by Gasteiger charge is 2.53. The molecule has 9 aromatic rings. The van der Waals surface area contributed by atoms with Gasteiger partial charge in [0.15, 0.2) is 0 Å². The van der Waals surface area contributed by atoms with Crippen LogP contribution >= 0.6 is 0 Å². The number of unbranched alkanes of at least 4 members (excludes halogenated alkanes) is 1. The molecule has 0 saturated carbocycles. The molecule has 74 heavy (non-hydrogen) atoms. The Labute approximate surface area is 438 Å². The largest absolute Gasteiger partial charge is 0.456 e. The van der Waals surface area contributed by atoms with Crippen LogP contribution < -0.4 is 9.64 Å². The number of nitrogens with zero attached hydrogens (tertiary/aromatic N) is 1. The molecule has 13 rings (SSSR count). The van der Waals surface area contributed by atoms with Crippen molar-refractivity contribution in [1.82, 2.24) is 0 Å². The molecule has 2 heteroatoms. The SMILES string of the molecule is C=CCCCc1ccc2c(c1C)Oc1c(ccc3ccccc13)C21c2ccccc2-c2c(N(c3ccc4c(c3)C(C)(C)c3ccccc3-4)c3ccc4c(c3)C(C)(c3ccccc3)CC/C=C\C=C/C4C)cccc21. The van der Waals surface area contributed by atoms with E-state index in [0.29, 0.717) is 0 Å². The second-order valence-electron chi connectivity index (χ2n) is 22.0. The van der Waals surface area contributed by atoms with E-state index in [4.69, 9.17) is 4.74 Å². The Morgan fingerprint density at radius 1 is 0.608 bits per heavy atom. The molecule has 2 nitrogen and oxygen atoms in total. The summed E-state index contributed by atoms with van der Waals surface area (Å²) in [6.45, 7) is 15.9. The van der Waals surface area contributed by atoms with E-state index in [1.165, 1.54) is 88.8 Å². The highest BCUT2D eigenvalue weighted by atomic mass is 16.5. The molecule has 0 radical (unpaired) electrons. The fraction of sp³-hybridized carbons (Fsp3) is 0.194. The molecule has 3 aliphatic carbocycles. The Bertz CT molecular complexity index is 3790. The van der Waals surface area contributed by atoms with Gasteiger partial charge in [0, 0.05) is 44.3 Å². The van der Waals surface area contributed by atoms with Crippen LogP contribution in [0.2, 0.25) is 0 Å². The molecule has 3 atom stereocenters. The monoisotopic (exact) mass is 957 g/mol. The van der Waals surface area contributed by atoms with E-state index in [1.54, 1.807) is 0 Å². The summed E-state index contributed by atoms with van der Waals surface area (Å²) in [5.41, 5.74) is 21.7. The number of fused-ring (bicyclic) bond motifs is 15. The standard InChI is InChI=1S/C72H63NO/c1-7-8-12-25-49-36-42-62-68(48(49)3)74-69-55-29-17-16-26-50(55)37-43-63(69)72(62)60-33-21-19-31-58(60)67-61(72)34-23-35-66(67)73(52-39-41-57-56-30-18-20-32-59(56)70(4,5)64(57)45-52)53-38-40-54-47(2)24-13-9-10-22-44-71(6,65(54)46-53)51-27-14-11-15-28-51/h7,9-11,13-21,23-24,26-43,45-47H,1,8,12,22,25,44H2,2-6H3/b10-9-,24-13-. The summed E-state index contributed by atoms with van der Waals surface area (Å²) in [6, 6.07) is 69.5. The van der Waals surface area contributed by atoms with Gasteiger partial charge >= 0.3 is 0 Å². The molecule has 0 aromatic heterocycles. The lowest BCUT2D eigenvalue weighted by atomic mass is 9.65. The number of hydrogen-bond donors (Lipinski definition) is 0. The van der Waals surface area contributed by atoms with Crippen molar-refractivity contribution in [1.29, 1.82) is 0 Å². The fourth-order valence-corrected chi connectivity index (χ4v) is 13.8. The van der Waals surface area contributed by atoms with Crippen LogP contribution in [0.5, 0.6) is 11.5 Å². The summed E-state index contributed by atoms with van der Waals surface area (Å²) in [5, 5.41) is 2.30. The van der Waals surface area contributed by atoms with Crippen LogP contribution in [0.25, 0.3) is 33.0 Å². The summed E-state index contributed by atoms with van der Waals surface area (Å²) >= 11 is 0.